The fraction of sp³-hybridized carbons (Fsp3) is 0.688. The van der Waals surface area contributed by atoms with Crippen molar-refractivity contribution < 1.29 is 0 Å². The van der Waals surface area contributed by atoms with Gasteiger partial charge in [0.25, 0.3) is 0 Å². The quantitative estimate of drug-likeness (QED) is 0.790. The summed E-state index contributed by atoms with van der Waals surface area (Å²) in [6.45, 7) is 8.49. The van der Waals surface area contributed by atoms with Crippen molar-refractivity contribution in [3.8, 4) is 0 Å². The van der Waals surface area contributed by atoms with Gasteiger partial charge in [-0.25, -0.2) is 0 Å². The number of hydrogen-bond donors (Lipinski definition) is 1. The summed E-state index contributed by atoms with van der Waals surface area (Å²) in [5.41, 5.74) is 4.02. The highest BCUT2D eigenvalue weighted by molar-refractivity contribution is 5.25. The van der Waals surface area contributed by atoms with Crippen LogP contribution in [0.3, 0.4) is 0 Å². The predicted octanol–water partition coefficient (Wildman–Crippen LogP) is 3.75. The molecule has 1 aliphatic carbocycles. The summed E-state index contributed by atoms with van der Waals surface area (Å²) in [7, 11) is 0. The van der Waals surface area contributed by atoms with Gasteiger partial charge in [0.15, 0.2) is 0 Å². The van der Waals surface area contributed by atoms with Gasteiger partial charge in [-0.2, -0.15) is 5.10 Å². The van der Waals surface area contributed by atoms with Crippen molar-refractivity contribution in [2.45, 2.75) is 65.5 Å². The molecule has 0 radical (unpaired) electrons. The summed E-state index contributed by atoms with van der Waals surface area (Å²) >= 11 is 0. The van der Waals surface area contributed by atoms with Crippen LogP contribution in [-0.4, -0.2) is 16.3 Å². The van der Waals surface area contributed by atoms with Crippen molar-refractivity contribution in [1.29, 1.82) is 0 Å². The molecular formula is C16H27N3. The van der Waals surface area contributed by atoms with E-state index in [1.54, 1.807) is 5.57 Å². The second kappa shape index (κ2) is 6.90. The summed E-state index contributed by atoms with van der Waals surface area (Å²) in [5, 5.41) is 8.32. The molecule has 106 valence electrons. The number of aryl methyl sites for hydroxylation is 2. The molecule has 3 nitrogen and oxygen atoms in total. The molecule has 0 fully saturated rings. The minimum absolute atomic E-state index is 0.362. The summed E-state index contributed by atoms with van der Waals surface area (Å²) in [5.74, 6) is 0. The molecule has 1 N–H and O–H groups in total. The number of nitrogens with one attached hydrogen (secondary N) is 1. The SMILES string of the molecule is CCCNC(C1=CCCCC1)c1cc(C)nn1CC. The van der Waals surface area contributed by atoms with Crippen LogP contribution in [0.4, 0.5) is 0 Å². The number of allylic oxidation sites excluding steroid dienone is 1. The Balaban J connectivity index is 2.27. The summed E-state index contributed by atoms with van der Waals surface area (Å²) in [4.78, 5) is 0. The lowest BCUT2D eigenvalue weighted by molar-refractivity contribution is 0.499. The molecule has 1 heterocycles. The molecule has 19 heavy (non-hydrogen) atoms. The fourth-order valence-corrected chi connectivity index (χ4v) is 2.89. The Morgan fingerprint density at radius 3 is 2.84 bits per heavy atom. The van der Waals surface area contributed by atoms with Gasteiger partial charge in [-0.05, 0) is 58.6 Å². The molecule has 0 saturated carbocycles. The van der Waals surface area contributed by atoms with Gasteiger partial charge in [0.1, 0.15) is 0 Å². The van der Waals surface area contributed by atoms with Crippen LogP contribution in [0, 0.1) is 6.92 Å². The zero-order valence-electron chi connectivity index (χ0n) is 12.6. The molecule has 0 amide bonds. The van der Waals surface area contributed by atoms with E-state index in [0.717, 1.165) is 18.8 Å². The van der Waals surface area contributed by atoms with Crippen LogP contribution in [0.1, 0.15) is 63.4 Å². The second-order valence-electron chi connectivity index (χ2n) is 5.44. The monoisotopic (exact) mass is 261 g/mol. The third kappa shape index (κ3) is 3.47. The van der Waals surface area contributed by atoms with E-state index in [1.165, 1.54) is 37.8 Å². The van der Waals surface area contributed by atoms with E-state index in [0.29, 0.717) is 6.04 Å². The molecule has 1 aromatic heterocycles. The van der Waals surface area contributed by atoms with Crippen molar-refractivity contribution in [3.05, 3.63) is 29.1 Å². The van der Waals surface area contributed by atoms with Gasteiger partial charge >= 0.3 is 0 Å². The maximum Gasteiger partial charge on any atom is 0.0707 e. The Morgan fingerprint density at radius 2 is 2.21 bits per heavy atom. The first-order chi connectivity index (χ1) is 9.26. The van der Waals surface area contributed by atoms with E-state index >= 15 is 0 Å². The van der Waals surface area contributed by atoms with Gasteiger partial charge in [-0.15, -0.1) is 0 Å². The Hall–Kier alpha value is -1.09. The average molecular weight is 261 g/mol. The van der Waals surface area contributed by atoms with Crippen LogP contribution in [0.25, 0.3) is 0 Å². The minimum Gasteiger partial charge on any atom is -0.305 e. The van der Waals surface area contributed by atoms with E-state index in [2.05, 4.69) is 48.0 Å². The van der Waals surface area contributed by atoms with Gasteiger partial charge in [-0.1, -0.05) is 18.6 Å². The average Bonchev–Trinajstić information content (AvgIpc) is 2.81. The van der Waals surface area contributed by atoms with E-state index < -0.39 is 0 Å². The molecule has 0 spiro atoms. The van der Waals surface area contributed by atoms with Crippen LogP contribution in [0.2, 0.25) is 0 Å². The first-order valence-electron chi connectivity index (χ1n) is 7.73. The van der Waals surface area contributed by atoms with E-state index in [-0.39, 0.29) is 0 Å². The highest BCUT2D eigenvalue weighted by Gasteiger charge is 2.21. The molecular weight excluding hydrogens is 234 g/mol. The largest absolute Gasteiger partial charge is 0.305 e. The smallest absolute Gasteiger partial charge is 0.0707 e. The first kappa shape index (κ1) is 14.3. The summed E-state index contributed by atoms with van der Waals surface area (Å²) in [6.07, 6.45) is 8.75. The normalized spacial score (nSPS) is 17.3. The van der Waals surface area contributed by atoms with Crippen molar-refractivity contribution in [3.63, 3.8) is 0 Å². The van der Waals surface area contributed by atoms with Gasteiger partial charge in [0.05, 0.1) is 17.4 Å². The topological polar surface area (TPSA) is 29.9 Å². The van der Waals surface area contributed by atoms with Crippen LogP contribution in [0.5, 0.6) is 0 Å². The molecule has 1 unspecified atom stereocenters. The number of rotatable bonds is 6. The highest BCUT2D eigenvalue weighted by atomic mass is 15.3. The van der Waals surface area contributed by atoms with Gasteiger partial charge < -0.3 is 5.32 Å². The third-order valence-electron chi connectivity index (χ3n) is 3.82. The molecule has 0 saturated heterocycles. The zero-order valence-corrected chi connectivity index (χ0v) is 12.6. The summed E-state index contributed by atoms with van der Waals surface area (Å²) in [6, 6.07) is 2.60. The third-order valence-corrected chi connectivity index (χ3v) is 3.82. The number of nitrogens with zero attached hydrogens (tertiary/aromatic N) is 2. The van der Waals surface area contributed by atoms with Crippen molar-refractivity contribution in [1.82, 2.24) is 15.1 Å². The predicted molar refractivity (Wildman–Crippen MR) is 80.2 cm³/mol. The van der Waals surface area contributed by atoms with Gasteiger partial charge in [0, 0.05) is 6.54 Å². The molecule has 1 aliphatic rings. The minimum atomic E-state index is 0.362. The first-order valence-corrected chi connectivity index (χ1v) is 7.73. The Bertz CT molecular complexity index is 431. The molecule has 0 aromatic carbocycles. The van der Waals surface area contributed by atoms with Crippen LogP contribution >= 0.6 is 0 Å². The molecule has 0 aliphatic heterocycles. The molecule has 0 bridgehead atoms. The van der Waals surface area contributed by atoms with Crippen LogP contribution in [-0.2, 0) is 6.54 Å². The molecule has 1 atom stereocenters. The standard InChI is InChI=1S/C16H27N3/c1-4-11-17-16(14-9-7-6-8-10-14)15-12-13(3)18-19(15)5-2/h9,12,16-17H,4-8,10-11H2,1-3H3. The Labute approximate surface area is 117 Å². The molecule has 1 aromatic rings. The zero-order chi connectivity index (χ0) is 13.7. The summed E-state index contributed by atoms with van der Waals surface area (Å²) < 4.78 is 2.15. The Kier molecular flexibility index (Phi) is 5.20. The van der Waals surface area contributed by atoms with Crippen LogP contribution < -0.4 is 5.32 Å². The number of hydrogen-bond acceptors (Lipinski definition) is 2. The van der Waals surface area contributed by atoms with Crippen molar-refractivity contribution in [2.75, 3.05) is 6.54 Å². The fourth-order valence-electron chi connectivity index (χ4n) is 2.89. The lowest BCUT2D eigenvalue weighted by Gasteiger charge is -2.25. The van der Waals surface area contributed by atoms with Crippen molar-refractivity contribution in [2.24, 2.45) is 0 Å². The molecule has 3 heteroatoms. The Morgan fingerprint density at radius 1 is 1.37 bits per heavy atom. The maximum absolute atomic E-state index is 4.60. The lowest BCUT2D eigenvalue weighted by Crippen LogP contribution is -2.27. The van der Waals surface area contributed by atoms with E-state index in [4.69, 9.17) is 0 Å². The maximum atomic E-state index is 4.60. The van der Waals surface area contributed by atoms with E-state index in [9.17, 15) is 0 Å². The van der Waals surface area contributed by atoms with Crippen LogP contribution in [0.15, 0.2) is 17.7 Å². The second-order valence-corrected chi connectivity index (χ2v) is 5.44. The lowest BCUT2D eigenvalue weighted by atomic mass is 9.92. The van der Waals surface area contributed by atoms with Gasteiger partial charge in [-0.3, -0.25) is 4.68 Å². The number of aromatic nitrogens is 2. The van der Waals surface area contributed by atoms with Gasteiger partial charge in [0.2, 0.25) is 0 Å². The molecule has 2 rings (SSSR count). The highest BCUT2D eigenvalue weighted by Crippen LogP contribution is 2.30. The van der Waals surface area contributed by atoms with Crippen molar-refractivity contribution >= 4 is 0 Å². The van der Waals surface area contributed by atoms with E-state index in [1.807, 2.05) is 0 Å².